The van der Waals surface area contributed by atoms with Gasteiger partial charge in [0.15, 0.2) is 18.1 Å². The van der Waals surface area contributed by atoms with Gasteiger partial charge in [-0.2, -0.15) is 17.0 Å². The van der Waals surface area contributed by atoms with Crippen LogP contribution in [0.25, 0.3) is 0 Å². The van der Waals surface area contributed by atoms with Gasteiger partial charge in [0.25, 0.3) is 27.7 Å². The molecule has 0 radical (unpaired) electrons. The number of Topliss-reactive ketones (excluding diaryl/α,β-unsaturated/α-hetero) is 1. The molecule has 0 saturated carbocycles. The fraction of sp³-hybridized carbons (Fsp3) is 0.536. The number of benzene rings is 3. The predicted molar refractivity (Wildman–Crippen MR) is 291 cm³/mol. The summed E-state index contributed by atoms with van der Waals surface area (Å²) in [6.07, 6.45) is 5.83. The maximum atomic E-state index is 14.1. The Morgan fingerprint density at radius 2 is 1.65 bits per heavy atom. The number of carbonyl (C=O) groups is 7. The Morgan fingerprint density at radius 1 is 0.910 bits per heavy atom. The van der Waals surface area contributed by atoms with Crippen molar-refractivity contribution in [3.8, 4) is 23.3 Å². The van der Waals surface area contributed by atoms with E-state index in [9.17, 15) is 47.2 Å². The van der Waals surface area contributed by atoms with Gasteiger partial charge in [-0.1, -0.05) is 45.4 Å². The number of nitrogens with one attached hydrogen (secondary N) is 4. The van der Waals surface area contributed by atoms with E-state index in [0.717, 1.165) is 17.7 Å². The summed E-state index contributed by atoms with van der Waals surface area (Å²) >= 11 is 1.75. The van der Waals surface area contributed by atoms with Crippen molar-refractivity contribution in [2.24, 2.45) is 5.41 Å². The molecule has 4 N–H and O–H groups in total. The van der Waals surface area contributed by atoms with Crippen LogP contribution in [-0.2, 0) is 45.2 Å². The molecule has 0 spiro atoms. The minimum atomic E-state index is -4.37. The first-order chi connectivity index (χ1) is 37.4. The van der Waals surface area contributed by atoms with Crippen LogP contribution in [0.5, 0.6) is 17.2 Å². The summed E-state index contributed by atoms with van der Waals surface area (Å²) in [5.74, 6) is -1.01. The van der Waals surface area contributed by atoms with Crippen LogP contribution >= 0.6 is 11.8 Å². The zero-order valence-electron chi connectivity index (χ0n) is 45.1. The van der Waals surface area contributed by atoms with Gasteiger partial charge in [-0.15, -0.1) is 0 Å². The Labute approximate surface area is 461 Å². The maximum absolute atomic E-state index is 14.1. The van der Waals surface area contributed by atoms with Crippen LogP contribution in [0, 0.1) is 16.7 Å². The molecule has 3 heterocycles. The summed E-state index contributed by atoms with van der Waals surface area (Å²) in [4.78, 5) is 92.5. The largest absolute Gasteiger partial charge is 0.493 e. The summed E-state index contributed by atoms with van der Waals surface area (Å²) < 4.78 is 50.5. The van der Waals surface area contributed by atoms with E-state index >= 15 is 0 Å². The lowest BCUT2D eigenvalue weighted by atomic mass is 9.84. The Kier molecular flexibility index (Phi) is 22.2. The molecule has 22 heteroatoms. The zero-order chi connectivity index (χ0) is 56.4. The minimum Gasteiger partial charge on any atom is -0.493 e. The van der Waals surface area contributed by atoms with Crippen molar-refractivity contribution in [2.75, 3.05) is 52.8 Å². The number of ketones is 1. The van der Waals surface area contributed by atoms with Crippen LogP contribution in [0.1, 0.15) is 125 Å². The van der Waals surface area contributed by atoms with Crippen molar-refractivity contribution < 1.29 is 60.9 Å². The van der Waals surface area contributed by atoms with Gasteiger partial charge in [0, 0.05) is 48.0 Å². The molecule has 3 aromatic carbocycles. The van der Waals surface area contributed by atoms with Gasteiger partial charge in [0.1, 0.15) is 24.4 Å². The van der Waals surface area contributed by atoms with Crippen molar-refractivity contribution in [1.29, 1.82) is 5.26 Å². The number of ether oxygens (including phenoxy) is 4. The molecular formula is C56H73N7O13S2. The van der Waals surface area contributed by atoms with Gasteiger partial charge in [-0.25, -0.2) is 22.3 Å². The normalized spacial score (nSPS) is 18.3. The molecule has 78 heavy (non-hydrogen) atoms. The Hall–Kier alpha value is -6.86. The predicted octanol–water partition coefficient (Wildman–Crippen LogP) is 6.17. The molecule has 3 saturated heterocycles. The number of unbranched alkanes of at least 4 members (excludes halogenated alkanes) is 3. The van der Waals surface area contributed by atoms with E-state index in [1.54, 1.807) is 76.2 Å². The molecule has 3 fully saturated rings. The molecular weight excluding hydrogens is 1040 g/mol. The summed E-state index contributed by atoms with van der Waals surface area (Å²) in [6, 6.07) is 18.4. The monoisotopic (exact) mass is 1120 g/mol. The number of aryl methyl sites for hydroxylation is 1. The minimum absolute atomic E-state index is 0.0274. The third-order valence-corrected chi connectivity index (χ3v) is 17.7. The van der Waals surface area contributed by atoms with E-state index in [0.29, 0.717) is 111 Å². The average Bonchev–Trinajstić information content (AvgIpc) is 4.02. The van der Waals surface area contributed by atoms with Crippen LogP contribution in [0.2, 0.25) is 0 Å². The number of piperidine rings is 1. The lowest BCUT2D eigenvalue weighted by Crippen LogP contribution is -2.53. The maximum Gasteiger partial charge on any atom is 0.329 e. The number of likely N-dealkylation sites (tertiary alicyclic amines) is 1. The molecule has 5 atom stereocenters. The first-order valence-corrected chi connectivity index (χ1v) is 29.1. The van der Waals surface area contributed by atoms with Crippen LogP contribution in [0.15, 0.2) is 71.6 Å². The first-order valence-electron chi connectivity index (χ1n) is 26.7. The molecule has 6 amide bonds. The van der Waals surface area contributed by atoms with Gasteiger partial charge in [0.05, 0.1) is 37.3 Å². The Bertz CT molecular complexity index is 2770. The number of urea groups is 1. The first kappa shape index (κ1) is 60.4. The highest BCUT2D eigenvalue weighted by Crippen LogP contribution is 2.35. The molecule has 3 aliphatic rings. The fourth-order valence-corrected chi connectivity index (χ4v) is 12.3. The number of hydrogen-bond acceptors (Lipinski definition) is 15. The molecule has 3 aromatic rings. The number of fused-ring (bicyclic) bond motifs is 1. The van der Waals surface area contributed by atoms with E-state index in [1.807, 2.05) is 19.1 Å². The molecule has 0 unspecified atom stereocenters. The Balaban J connectivity index is 0.937. The van der Waals surface area contributed by atoms with Gasteiger partial charge in [-0.3, -0.25) is 24.0 Å². The van der Waals surface area contributed by atoms with Crippen molar-refractivity contribution in [2.45, 2.75) is 139 Å². The van der Waals surface area contributed by atoms with Crippen LogP contribution < -0.4 is 35.5 Å². The molecule has 0 aromatic heterocycles. The zero-order valence-corrected chi connectivity index (χ0v) is 46.8. The molecule has 6 rings (SSSR count). The smallest absolute Gasteiger partial charge is 0.329 e. The summed E-state index contributed by atoms with van der Waals surface area (Å²) in [7, 11) is -1.27. The molecule has 422 valence electrons. The topological polar surface area (TPSA) is 269 Å². The fourth-order valence-electron chi connectivity index (χ4n) is 9.48. The van der Waals surface area contributed by atoms with Crippen molar-refractivity contribution in [3.05, 3.63) is 83.4 Å². The number of sulfonamides is 1. The summed E-state index contributed by atoms with van der Waals surface area (Å²) in [5.41, 5.74) is 0.842. The molecule has 3 aliphatic heterocycles. The highest BCUT2D eigenvalue weighted by Gasteiger charge is 2.43. The summed E-state index contributed by atoms with van der Waals surface area (Å²) in [5, 5.41) is 21.0. The van der Waals surface area contributed by atoms with Crippen molar-refractivity contribution in [3.63, 3.8) is 0 Å². The number of methoxy groups -OCH3 is 2. The molecule has 20 nitrogen and oxygen atoms in total. The highest BCUT2D eigenvalue weighted by atomic mass is 32.2. The van der Waals surface area contributed by atoms with E-state index in [4.69, 9.17) is 18.9 Å². The lowest BCUT2D eigenvalue weighted by Gasteiger charge is -2.36. The number of nitriles is 1. The van der Waals surface area contributed by atoms with Crippen LogP contribution in [-0.4, -0.2) is 135 Å². The quantitative estimate of drug-likeness (QED) is 0.0199. The highest BCUT2D eigenvalue weighted by molar-refractivity contribution is 8.00. The lowest BCUT2D eigenvalue weighted by molar-refractivity contribution is -0.164. The molecule has 0 bridgehead atoms. The van der Waals surface area contributed by atoms with Gasteiger partial charge in [-0.05, 0) is 130 Å². The second kappa shape index (κ2) is 28.7. The van der Waals surface area contributed by atoms with E-state index < -0.39 is 63.6 Å². The number of amides is 6. The van der Waals surface area contributed by atoms with Gasteiger partial charge in [0.2, 0.25) is 11.7 Å². The number of nitrogens with zero attached hydrogens (tertiary/aromatic N) is 3. The SMILES string of the molecule is CCC(C)(C)C(=O)C(=O)N1CCCC[C@H]1C(=O)O[C@H](CCc1ccc(OC)c(OC)c1)c1cccc(OCC(=O)NCCCCCNC(=O)c2ccc(S(=O)(=O)N(CC#N)C(=O)CCCC[C@@H]3SC[C@@H]4NC(=O)N[C@@H]43)cc2)c1. The van der Waals surface area contributed by atoms with E-state index in [2.05, 4.69) is 21.3 Å². The van der Waals surface area contributed by atoms with Crippen molar-refractivity contribution >= 4 is 63.2 Å². The van der Waals surface area contributed by atoms with Crippen molar-refractivity contribution in [1.82, 2.24) is 30.5 Å². The number of hydrogen-bond donors (Lipinski definition) is 4. The van der Waals surface area contributed by atoms with Gasteiger partial charge < -0.3 is 45.1 Å². The van der Waals surface area contributed by atoms with Gasteiger partial charge >= 0.3 is 12.0 Å². The second-order valence-electron chi connectivity index (χ2n) is 20.2. The van der Waals surface area contributed by atoms with E-state index in [-0.39, 0.29) is 59.3 Å². The number of rotatable bonds is 29. The standard InChI is InChI=1S/C56H73N7O13S2/c1-6-56(2,3)51(66)53(68)62-31-13-10-17-43(62)54(69)76-44(26-20-37-21-27-45(73-4)46(33-37)74-5)39-15-14-16-40(34-39)75-35-48(64)58-29-11-7-12-30-59-52(67)38-22-24-41(25-23-38)78(71,72)63(32-28-57)49(65)19-9-8-18-47-50-42(36-77-47)60-55(70)61-50/h14-16,21-25,27,33-34,42-44,47,50H,6-13,17-20,26,29-32,35-36H2,1-5H3,(H,58,64)(H,59,67)(H2,60,61,70)/t42-,43-,44+,47-,50-/m0/s1. The second-order valence-corrected chi connectivity index (χ2v) is 23.3. The number of esters is 1. The van der Waals surface area contributed by atoms with E-state index in [1.165, 1.54) is 29.2 Å². The van der Waals surface area contributed by atoms with Crippen LogP contribution in [0.4, 0.5) is 4.79 Å². The third-order valence-electron chi connectivity index (χ3n) is 14.5. The number of carbonyl (C=O) groups excluding carboxylic acids is 7. The van der Waals surface area contributed by atoms with Crippen LogP contribution in [0.3, 0.4) is 0 Å². The molecule has 0 aliphatic carbocycles. The third kappa shape index (κ3) is 16.1. The average molecular weight is 1120 g/mol. The number of thioether (sulfide) groups is 1. The Morgan fingerprint density at radius 3 is 2.37 bits per heavy atom. The summed E-state index contributed by atoms with van der Waals surface area (Å²) in [6.45, 7) is 5.30.